The molecule has 4 heteroatoms. The predicted molar refractivity (Wildman–Crippen MR) is 112 cm³/mol. The van der Waals surface area contributed by atoms with Crippen molar-refractivity contribution in [2.45, 2.75) is 20.8 Å². The molecule has 2 heterocycles. The van der Waals surface area contributed by atoms with Crippen LogP contribution in [0.3, 0.4) is 0 Å². The van der Waals surface area contributed by atoms with Gasteiger partial charge in [-0.1, -0.05) is 35.9 Å². The summed E-state index contributed by atoms with van der Waals surface area (Å²) in [7, 11) is 0. The summed E-state index contributed by atoms with van der Waals surface area (Å²) in [6.45, 7) is 6.40. The Morgan fingerprint density at radius 2 is 1.44 bits per heavy atom. The van der Waals surface area contributed by atoms with Crippen molar-refractivity contribution < 1.29 is 0 Å². The molecule has 0 unspecified atom stereocenters. The van der Waals surface area contributed by atoms with Crippen LogP contribution in [0.15, 0.2) is 60.9 Å². The molecule has 27 heavy (non-hydrogen) atoms. The van der Waals surface area contributed by atoms with Gasteiger partial charge in [0.15, 0.2) is 0 Å². The SMILES string of the molecule is Cc1ccc(C)c(-c2nc(-c3ccc(Cl)cc3)c(-c3ccncc3)[nH]2)c1C. The number of nitrogens with zero attached hydrogens (tertiary/aromatic N) is 2. The van der Waals surface area contributed by atoms with E-state index in [0.717, 1.165) is 33.9 Å². The molecule has 134 valence electrons. The first-order valence-corrected chi connectivity index (χ1v) is 9.26. The van der Waals surface area contributed by atoms with Gasteiger partial charge in [0.2, 0.25) is 0 Å². The van der Waals surface area contributed by atoms with Crippen molar-refractivity contribution in [2.24, 2.45) is 0 Å². The highest BCUT2D eigenvalue weighted by atomic mass is 35.5. The van der Waals surface area contributed by atoms with Crippen LogP contribution < -0.4 is 0 Å². The fourth-order valence-electron chi connectivity index (χ4n) is 3.35. The van der Waals surface area contributed by atoms with Gasteiger partial charge in [0, 0.05) is 34.1 Å². The number of benzene rings is 2. The molecule has 0 aliphatic heterocycles. The normalized spacial score (nSPS) is 11.0. The number of rotatable bonds is 3. The average Bonchev–Trinajstić information content (AvgIpc) is 3.11. The maximum Gasteiger partial charge on any atom is 0.139 e. The summed E-state index contributed by atoms with van der Waals surface area (Å²) in [6, 6.07) is 16.1. The first-order chi connectivity index (χ1) is 13.0. The molecule has 4 rings (SSSR count). The molecule has 0 bridgehead atoms. The molecular formula is C23H20ClN3. The summed E-state index contributed by atoms with van der Waals surface area (Å²) in [5.74, 6) is 0.880. The maximum absolute atomic E-state index is 6.08. The minimum atomic E-state index is 0.713. The van der Waals surface area contributed by atoms with Crippen LogP contribution in [0, 0.1) is 20.8 Å². The molecule has 0 aliphatic carbocycles. The number of H-pyrrole nitrogens is 1. The molecule has 4 aromatic rings. The molecule has 1 N–H and O–H groups in total. The van der Waals surface area contributed by atoms with Crippen LogP contribution in [-0.4, -0.2) is 15.0 Å². The number of imidazole rings is 1. The van der Waals surface area contributed by atoms with E-state index in [0.29, 0.717) is 5.02 Å². The van der Waals surface area contributed by atoms with E-state index >= 15 is 0 Å². The van der Waals surface area contributed by atoms with E-state index in [4.69, 9.17) is 16.6 Å². The van der Waals surface area contributed by atoms with Gasteiger partial charge in [-0.25, -0.2) is 4.98 Å². The second-order valence-electron chi connectivity index (χ2n) is 6.75. The van der Waals surface area contributed by atoms with Gasteiger partial charge in [-0.2, -0.15) is 0 Å². The molecule has 0 spiro atoms. The van der Waals surface area contributed by atoms with Crippen LogP contribution in [0.25, 0.3) is 33.9 Å². The van der Waals surface area contributed by atoms with E-state index in [9.17, 15) is 0 Å². The number of halogens is 1. The standard InChI is InChI=1S/C23H20ClN3/c1-14-4-5-15(2)20(16(14)3)23-26-21(17-6-8-19(24)9-7-17)22(27-23)18-10-12-25-13-11-18/h4-13H,1-3H3,(H,26,27). The van der Waals surface area contributed by atoms with Gasteiger partial charge in [0.05, 0.1) is 11.4 Å². The summed E-state index contributed by atoms with van der Waals surface area (Å²) < 4.78 is 0. The van der Waals surface area contributed by atoms with Crippen LogP contribution in [0.2, 0.25) is 5.02 Å². The van der Waals surface area contributed by atoms with Crippen LogP contribution in [0.4, 0.5) is 0 Å². The summed E-state index contributed by atoms with van der Waals surface area (Å²) >= 11 is 6.08. The molecular weight excluding hydrogens is 354 g/mol. The van der Waals surface area contributed by atoms with Crippen LogP contribution in [0.5, 0.6) is 0 Å². The van der Waals surface area contributed by atoms with Crippen molar-refractivity contribution >= 4 is 11.6 Å². The van der Waals surface area contributed by atoms with Crippen molar-refractivity contribution in [2.75, 3.05) is 0 Å². The Morgan fingerprint density at radius 1 is 0.778 bits per heavy atom. The Bertz CT molecular complexity index is 1100. The second-order valence-corrected chi connectivity index (χ2v) is 7.19. The third kappa shape index (κ3) is 3.26. The zero-order valence-corrected chi connectivity index (χ0v) is 16.3. The predicted octanol–water partition coefficient (Wildman–Crippen LogP) is 6.38. The number of aromatic nitrogens is 3. The Balaban J connectivity index is 1.96. The quantitative estimate of drug-likeness (QED) is 0.452. The molecule has 0 atom stereocenters. The first-order valence-electron chi connectivity index (χ1n) is 8.88. The lowest BCUT2D eigenvalue weighted by atomic mass is 9.98. The topological polar surface area (TPSA) is 41.6 Å². The van der Waals surface area contributed by atoms with E-state index in [-0.39, 0.29) is 0 Å². The molecule has 3 nitrogen and oxygen atoms in total. The van der Waals surface area contributed by atoms with E-state index in [1.807, 2.05) is 36.4 Å². The molecule has 0 saturated carbocycles. The van der Waals surface area contributed by atoms with E-state index in [1.165, 1.54) is 16.7 Å². The maximum atomic E-state index is 6.08. The number of hydrogen-bond acceptors (Lipinski definition) is 2. The molecule has 0 fully saturated rings. The van der Waals surface area contributed by atoms with Crippen molar-refractivity contribution in [3.63, 3.8) is 0 Å². The number of aryl methyl sites for hydroxylation is 2. The lowest BCUT2D eigenvalue weighted by molar-refractivity contribution is 1.23. The summed E-state index contributed by atoms with van der Waals surface area (Å²) in [5.41, 5.74) is 8.83. The fourth-order valence-corrected chi connectivity index (χ4v) is 3.48. The van der Waals surface area contributed by atoms with Gasteiger partial charge >= 0.3 is 0 Å². The summed E-state index contributed by atoms with van der Waals surface area (Å²) in [4.78, 5) is 12.7. The van der Waals surface area contributed by atoms with Crippen molar-refractivity contribution in [1.82, 2.24) is 15.0 Å². The summed E-state index contributed by atoms with van der Waals surface area (Å²) in [6.07, 6.45) is 3.59. The zero-order valence-electron chi connectivity index (χ0n) is 15.5. The van der Waals surface area contributed by atoms with Crippen molar-refractivity contribution in [1.29, 1.82) is 0 Å². The largest absolute Gasteiger partial charge is 0.337 e. The highest BCUT2D eigenvalue weighted by Crippen LogP contribution is 2.35. The van der Waals surface area contributed by atoms with Gasteiger partial charge in [-0.15, -0.1) is 0 Å². The minimum Gasteiger partial charge on any atom is -0.337 e. The van der Waals surface area contributed by atoms with Crippen LogP contribution >= 0.6 is 11.6 Å². The van der Waals surface area contributed by atoms with E-state index in [1.54, 1.807) is 12.4 Å². The van der Waals surface area contributed by atoms with Gasteiger partial charge in [-0.3, -0.25) is 4.98 Å². The molecule has 0 saturated heterocycles. The van der Waals surface area contributed by atoms with Crippen LogP contribution in [-0.2, 0) is 0 Å². The average molecular weight is 374 g/mol. The molecule has 0 amide bonds. The Morgan fingerprint density at radius 3 is 2.15 bits per heavy atom. The first kappa shape index (κ1) is 17.5. The van der Waals surface area contributed by atoms with E-state index < -0.39 is 0 Å². The summed E-state index contributed by atoms with van der Waals surface area (Å²) in [5, 5.41) is 0.713. The number of aromatic amines is 1. The zero-order chi connectivity index (χ0) is 19.0. The molecule has 2 aromatic heterocycles. The fraction of sp³-hybridized carbons (Fsp3) is 0.130. The number of nitrogens with one attached hydrogen (secondary N) is 1. The van der Waals surface area contributed by atoms with E-state index in [2.05, 4.69) is 42.9 Å². The molecule has 0 aliphatic rings. The monoisotopic (exact) mass is 373 g/mol. The third-order valence-electron chi connectivity index (χ3n) is 4.97. The Kier molecular flexibility index (Phi) is 4.54. The minimum absolute atomic E-state index is 0.713. The van der Waals surface area contributed by atoms with Gasteiger partial charge in [0.25, 0.3) is 0 Å². The lowest BCUT2D eigenvalue weighted by Crippen LogP contribution is -1.93. The van der Waals surface area contributed by atoms with Crippen molar-refractivity contribution in [3.8, 4) is 33.9 Å². The highest BCUT2D eigenvalue weighted by Gasteiger charge is 2.18. The molecule has 2 aromatic carbocycles. The second kappa shape index (κ2) is 7.01. The van der Waals surface area contributed by atoms with Crippen molar-refractivity contribution in [3.05, 3.63) is 82.6 Å². The lowest BCUT2D eigenvalue weighted by Gasteiger charge is -2.09. The number of hydrogen-bond donors (Lipinski definition) is 1. The van der Waals surface area contributed by atoms with Crippen LogP contribution in [0.1, 0.15) is 16.7 Å². The third-order valence-corrected chi connectivity index (χ3v) is 5.22. The smallest absolute Gasteiger partial charge is 0.139 e. The number of pyridine rings is 1. The van der Waals surface area contributed by atoms with Gasteiger partial charge in [-0.05, 0) is 61.7 Å². The Labute approximate surface area is 164 Å². The highest BCUT2D eigenvalue weighted by molar-refractivity contribution is 6.30. The molecule has 0 radical (unpaired) electrons. The Hall–Kier alpha value is -2.91. The van der Waals surface area contributed by atoms with Gasteiger partial charge in [0.1, 0.15) is 5.82 Å². The van der Waals surface area contributed by atoms with Gasteiger partial charge < -0.3 is 4.98 Å².